The molecule has 3 heterocycles. The topological polar surface area (TPSA) is 47.6 Å². The number of rotatable bonds is 0. The third kappa shape index (κ3) is 1.01. The fraction of sp³-hybridized carbons (Fsp3) is 0.769. The lowest BCUT2D eigenvalue weighted by molar-refractivity contribution is -0.219. The summed E-state index contributed by atoms with van der Waals surface area (Å²) >= 11 is 0. The SMILES string of the molecule is C/C=C1/N[C@@]2(C(=O)OC2C)[C@@]2(C)O[C@@H](C)C[C@@H]12. The summed E-state index contributed by atoms with van der Waals surface area (Å²) in [6.45, 7) is 8.04. The standard InChI is InChI=1S/C13H19NO3/c1-5-10-9-6-7(2)17-12(9,4)13(14-10)8(3)16-11(13)15/h5,7-9,14H,6H2,1-4H3/b10-5+/t7-,8?,9-,12-,13-/m0/s1. The van der Waals surface area contributed by atoms with E-state index in [1.54, 1.807) is 0 Å². The van der Waals surface area contributed by atoms with Gasteiger partial charge in [0.2, 0.25) is 5.54 Å². The van der Waals surface area contributed by atoms with Crippen LogP contribution in [0.15, 0.2) is 11.8 Å². The quantitative estimate of drug-likeness (QED) is 0.646. The van der Waals surface area contributed by atoms with Crippen molar-refractivity contribution in [1.29, 1.82) is 0 Å². The highest BCUT2D eigenvalue weighted by Crippen LogP contribution is 2.56. The van der Waals surface area contributed by atoms with Crippen LogP contribution in [0, 0.1) is 5.92 Å². The first-order chi connectivity index (χ1) is 7.95. The van der Waals surface area contributed by atoms with Crippen molar-refractivity contribution in [2.45, 2.75) is 57.5 Å². The number of nitrogens with one attached hydrogen (secondary N) is 1. The molecule has 0 aromatic carbocycles. The summed E-state index contributed by atoms with van der Waals surface area (Å²) < 4.78 is 11.3. The number of carbonyl (C=O) groups excluding carboxylic acids is 1. The molecule has 1 unspecified atom stereocenters. The molecule has 0 aromatic rings. The first-order valence-electron chi connectivity index (χ1n) is 6.29. The van der Waals surface area contributed by atoms with Crippen LogP contribution in [0.4, 0.5) is 0 Å². The van der Waals surface area contributed by atoms with Crippen molar-refractivity contribution >= 4 is 5.97 Å². The average molecular weight is 237 g/mol. The summed E-state index contributed by atoms with van der Waals surface area (Å²) in [4.78, 5) is 12.0. The zero-order valence-corrected chi connectivity index (χ0v) is 10.7. The summed E-state index contributed by atoms with van der Waals surface area (Å²) in [5.41, 5.74) is -0.0202. The van der Waals surface area contributed by atoms with Gasteiger partial charge in [-0.2, -0.15) is 0 Å². The Bertz CT molecular complexity index is 419. The van der Waals surface area contributed by atoms with Crippen molar-refractivity contribution < 1.29 is 14.3 Å². The van der Waals surface area contributed by atoms with E-state index in [0.29, 0.717) is 0 Å². The van der Waals surface area contributed by atoms with Gasteiger partial charge in [0.15, 0.2) is 0 Å². The fourth-order valence-electron chi connectivity index (χ4n) is 3.82. The van der Waals surface area contributed by atoms with Crippen molar-refractivity contribution in [3.8, 4) is 0 Å². The van der Waals surface area contributed by atoms with E-state index >= 15 is 0 Å². The van der Waals surface area contributed by atoms with E-state index in [2.05, 4.69) is 18.3 Å². The van der Waals surface area contributed by atoms with Gasteiger partial charge in [0.05, 0.1) is 6.10 Å². The molecule has 3 saturated heterocycles. The Labute approximate surface area is 101 Å². The van der Waals surface area contributed by atoms with Gasteiger partial charge in [-0.3, -0.25) is 0 Å². The minimum Gasteiger partial charge on any atom is -0.457 e. The first kappa shape index (κ1) is 11.1. The summed E-state index contributed by atoms with van der Waals surface area (Å²) in [7, 11) is 0. The van der Waals surface area contributed by atoms with Crippen LogP contribution in [0.25, 0.3) is 0 Å². The molecule has 0 radical (unpaired) electrons. The van der Waals surface area contributed by atoms with Crippen LogP contribution in [0.1, 0.15) is 34.1 Å². The molecule has 1 N–H and O–H groups in total. The van der Waals surface area contributed by atoms with Crippen LogP contribution in [0.5, 0.6) is 0 Å². The molecule has 0 aliphatic carbocycles. The average Bonchev–Trinajstić information content (AvgIpc) is 2.68. The van der Waals surface area contributed by atoms with E-state index in [-0.39, 0.29) is 24.1 Å². The van der Waals surface area contributed by atoms with Gasteiger partial charge in [-0.1, -0.05) is 6.08 Å². The number of allylic oxidation sites excluding steroid dienone is 1. The molecule has 4 nitrogen and oxygen atoms in total. The van der Waals surface area contributed by atoms with Crippen LogP contribution < -0.4 is 5.32 Å². The molecule has 0 amide bonds. The summed E-state index contributed by atoms with van der Waals surface area (Å²) in [6, 6.07) is 0. The second-order valence-corrected chi connectivity index (χ2v) is 5.55. The van der Waals surface area contributed by atoms with Gasteiger partial charge in [0, 0.05) is 11.6 Å². The maximum Gasteiger partial charge on any atom is 0.339 e. The maximum absolute atomic E-state index is 12.0. The molecule has 0 bridgehead atoms. The molecular formula is C13H19NO3. The highest BCUT2D eigenvalue weighted by molar-refractivity contribution is 5.90. The number of esters is 1. The predicted octanol–water partition coefficient (Wildman–Crippen LogP) is 1.36. The highest BCUT2D eigenvalue weighted by atomic mass is 16.6. The molecular weight excluding hydrogens is 218 g/mol. The van der Waals surface area contributed by atoms with E-state index in [9.17, 15) is 4.79 Å². The largest absolute Gasteiger partial charge is 0.457 e. The van der Waals surface area contributed by atoms with E-state index < -0.39 is 11.1 Å². The minimum atomic E-state index is -0.676. The van der Waals surface area contributed by atoms with Gasteiger partial charge in [-0.15, -0.1) is 0 Å². The van der Waals surface area contributed by atoms with Crippen LogP contribution in [-0.2, 0) is 14.3 Å². The number of carbonyl (C=O) groups is 1. The third-order valence-electron chi connectivity index (χ3n) is 4.71. The van der Waals surface area contributed by atoms with Crippen molar-refractivity contribution in [2.75, 3.05) is 0 Å². The van der Waals surface area contributed by atoms with E-state index in [4.69, 9.17) is 9.47 Å². The monoisotopic (exact) mass is 237 g/mol. The number of hydrogen-bond acceptors (Lipinski definition) is 4. The number of cyclic esters (lactones) is 1. The summed E-state index contributed by atoms with van der Waals surface area (Å²) in [6.07, 6.45) is 3.08. The lowest BCUT2D eigenvalue weighted by Gasteiger charge is -2.50. The molecule has 94 valence electrons. The van der Waals surface area contributed by atoms with Crippen molar-refractivity contribution in [3.63, 3.8) is 0 Å². The normalized spacial score (nSPS) is 54.5. The predicted molar refractivity (Wildman–Crippen MR) is 62.2 cm³/mol. The lowest BCUT2D eigenvalue weighted by atomic mass is 9.71. The summed E-state index contributed by atoms with van der Waals surface area (Å²) in [5.74, 6) is 0.0984. The lowest BCUT2D eigenvalue weighted by Crippen LogP contribution is -2.76. The Morgan fingerprint density at radius 1 is 1.47 bits per heavy atom. The van der Waals surface area contributed by atoms with Crippen LogP contribution in [0.3, 0.4) is 0 Å². The molecule has 0 aromatic heterocycles. The second kappa shape index (κ2) is 3.05. The zero-order chi connectivity index (χ0) is 12.4. The Kier molecular flexibility index (Phi) is 1.99. The number of hydrogen-bond donors (Lipinski definition) is 1. The van der Waals surface area contributed by atoms with Gasteiger partial charge < -0.3 is 14.8 Å². The zero-order valence-electron chi connectivity index (χ0n) is 10.7. The van der Waals surface area contributed by atoms with Gasteiger partial charge in [0.1, 0.15) is 11.7 Å². The van der Waals surface area contributed by atoms with Crippen molar-refractivity contribution in [2.24, 2.45) is 5.92 Å². The van der Waals surface area contributed by atoms with Gasteiger partial charge in [-0.25, -0.2) is 4.79 Å². The van der Waals surface area contributed by atoms with Crippen LogP contribution in [-0.4, -0.2) is 29.3 Å². The van der Waals surface area contributed by atoms with Gasteiger partial charge in [-0.05, 0) is 34.1 Å². The smallest absolute Gasteiger partial charge is 0.339 e. The molecule has 3 rings (SSSR count). The first-order valence-corrected chi connectivity index (χ1v) is 6.29. The van der Waals surface area contributed by atoms with Crippen molar-refractivity contribution in [3.05, 3.63) is 11.8 Å². The summed E-state index contributed by atoms with van der Waals surface area (Å²) in [5, 5.41) is 3.38. The Morgan fingerprint density at radius 3 is 2.71 bits per heavy atom. The fourth-order valence-corrected chi connectivity index (χ4v) is 3.82. The van der Waals surface area contributed by atoms with E-state index in [1.165, 1.54) is 0 Å². The molecule has 0 saturated carbocycles. The number of fused-ring (bicyclic) bond motifs is 2. The second-order valence-electron chi connectivity index (χ2n) is 5.55. The van der Waals surface area contributed by atoms with Crippen molar-refractivity contribution in [1.82, 2.24) is 5.32 Å². The molecule has 1 spiro atoms. The van der Waals surface area contributed by atoms with Gasteiger partial charge >= 0.3 is 5.97 Å². The minimum absolute atomic E-state index is 0.134. The Balaban J connectivity index is 2.10. The molecule has 17 heavy (non-hydrogen) atoms. The number of ether oxygens (including phenoxy) is 2. The molecule has 4 heteroatoms. The maximum atomic E-state index is 12.0. The molecule has 3 aliphatic rings. The molecule has 3 aliphatic heterocycles. The van der Waals surface area contributed by atoms with Gasteiger partial charge in [0.25, 0.3) is 0 Å². The Morgan fingerprint density at radius 2 is 2.18 bits per heavy atom. The molecule has 3 fully saturated rings. The van der Waals surface area contributed by atoms with E-state index in [1.807, 2.05) is 20.8 Å². The van der Waals surface area contributed by atoms with Crippen LogP contribution >= 0.6 is 0 Å². The third-order valence-corrected chi connectivity index (χ3v) is 4.71. The highest BCUT2D eigenvalue weighted by Gasteiger charge is 2.76. The van der Waals surface area contributed by atoms with Crippen LogP contribution in [0.2, 0.25) is 0 Å². The van der Waals surface area contributed by atoms with E-state index in [0.717, 1.165) is 12.1 Å². The molecule has 5 atom stereocenters. The Hall–Kier alpha value is -1.03.